The molecule has 5 unspecified atom stereocenters. The molecule has 1 aliphatic carbocycles. The van der Waals surface area contributed by atoms with Crippen molar-refractivity contribution < 1.29 is 70.2 Å². The number of aromatic nitrogens is 2. The molecule has 2 aliphatic rings. The summed E-state index contributed by atoms with van der Waals surface area (Å²) in [5, 5.41) is 19.7. The summed E-state index contributed by atoms with van der Waals surface area (Å²) in [7, 11) is -18.6. The molecule has 0 amide bonds. The predicted octanol–water partition coefficient (Wildman–Crippen LogP) is -1.84. The van der Waals surface area contributed by atoms with Gasteiger partial charge in [-0.2, -0.15) is 0 Å². The number of nitrogens with zero attached hydrogens (tertiary/aromatic N) is 1. The Hall–Kier alpha value is -0.490. The van der Waals surface area contributed by atoms with Crippen molar-refractivity contribution in [2.24, 2.45) is 0 Å². The highest BCUT2D eigenvalue weighted by molar-refractivity contribution is 8.55. The third-order valence-electron chi connectivity index (χ3n) is 5.29. The molecule has 1 aromatic heterocycles. The molecule has 24 heteroatoms. The van der Waals surface area contributed by atoms with E-state index in [4.69, 9.17) is 4.74 Å². The zero-order chi connectivity index (χ0) is 29.2. The highest BCUT2D eigenvalue weighted by Crippen LogP contribution is 2.70. The van der Waals surface area contributed by atoms with E-state index in [-0.39, 0.29) is 11.4 Å². The molecular formula is C15H22N2O17P4S-4. The molecule has 3 rings (SSSR count). The summed E-state index contributed by atoms with van der Waals surface area (Å²) in [4.78, 5) is 72.5. The van der Waals surface area contributed by atoms with E-state index in [2.05, 4.69) is 17.5 Å². The molecular weight excluding hydrogens is 636 g/mol. The van der Waals surface area contributed by atoms with E-state index in [1.54, 1.807) is 0 Å². The minimum Gasteiger partial charge on any atom is -0.770 e. The van der Waals surface area contributed by atoms with Gasteiger partial charge in [0.2, 0.25) is 0 Å². The molecule has 224 valence electrons. The number of rotatable bonds is 12. The van der Waals surface area contributed by atoms with Crippen LogP contribution in [0.5, 0.6) is 0 Å². The van der Waals surface area contributed by atoms with Gasteiger partial charge in [-0.05, 0) is 12.8 Å². The lowest BCUT2D eigenvalue weighted by Gasteiger charge is -2.37. The van der Waals surface area contributed by atoms with E-state index in [1.807, 2.05) is 4.98 Å². The number of hydrogen-bond acceptors (Lipinski definition) is 18. The van der Waals surface area contributed by atoms with Crippen molar-refractivity contribution in [2.45, 2.75) is 61.9 Å². The van der Waals surface area contributed by atoms with Crippen LogP contribution in [0, 0.1) is 0 Å². The quantitative estimate of drug-likeness (QED) is 0.208. The van der Waals surface area contributed by atoms with Gasteiger partial charge in [-0.15, -0.1) is 0 Å². The van der Waals surface area contributed by atoms with Gasteiger partial charge >= 0.3 is 5.69 Å². The Kier molecular flexibility index (Phi) is 10.8. The van der Waals surface area contributed by atoms with Gasteiger partial charge in [0.05, 0.1) is 6.61 Å². The van der Waals surface area contributed by atoms with Gasteiger partial charge in [0.1, 0.15) is 18.3 Å². The van der Waals surface area contributed by atoms with E-state index < -0.39 is 77.9 Å². The molecule has 0 aromatic carbocycles. The van der Waals surface area contributed by atoms with Gasteiger partial charge in [-0.3, -0.25) is 36.9 Å². The average molecular weight is 658 g/mol. The second-order valence-electron chi connectivity index (χ2n) is 8.26. The SMILES string of the molecule is O=c1ccn([C@@H]2O[C@H](COP(=O)([O-])OP(=O)([O-])OP(=O)([O-])OP(=O)([O-])SC3CCCCC3)[C@H](O)C2O)c(=O)[nH]1. The summed E-state index contributed by atoms with van der Waals surface area (Å²) in [5.74, 6) is 0. The molecule has 1 aliphatic heterocycles. The zero-order valence-corrected chi connectivity index (χ0v) is 23.8. The first-order valence-corrected chi connectivity index (χ1v) is 18.3. The van der Waals surface area contributed by atoms with Crippen LogP contribution in [0.4, 0.5) is 0 Å². The second kappa shape index (κ2) is 12.8. The van der Waals surface area contributed by atoms with Crippen molar-refractivity contribution >= 4 is 41.6 Å². The van der Waals surface area contributed by atoms with E-state index in [0.717, 1.165) is 18.7 Å². The Morgan fingerprint density at radius 2 is 1.54 bits per heavy atom. The lowest BCUT2D eigenvalue weighted by atomic mass is 10.0. The number of aromatic amines is 1. The van der Waals surface area contributed by atoms with Crippen LogP contribution < -0.4 is 30.8 Å². The minimum atomic E-state index is -6.38. The van der Waals surface area contributed by atoms with Gasteiger partial charge in [0.25, 0.3) is 29.0 Å². The lowest BCUT2D eigenvalue weighted by molar-refractivity contribution is -0.251. The van der Waals surface area contributed by atoms with Crippen LogP contribution in [-0.2, 0) is 40.5 Å². The fourth-order valence-corrected chi connectivity index (χ4v) is 11.8. The van der Waals surface area contributed by atoms with Crippen LogP contribution in [-0.4, -0.2) is 49.9 Å². The first-order valence-electron chi connectivity index (χ1n) is 10.9. The van der Waals surface area contributed by atoms with Crippen molar-refractivity contribution in [2.75, 3.05) is 6.61 Å². The third kappa shape index (κ3) is 9.79. The summed E-state index contributed by atoms with van der Waals surface area (Å²) in [6.07, 6.45) is -3.02. The standard InChI is InChI=1S/C15H26N2O17P4S/c18-11-6-7-17(15(21)16-11)14-13(20)12(19)10(31-14)8-30-35(22,23)32-36(24,25)33-37(26,27)34-38(28,29)39-9-4-2-1-3-5-9/h6-7,9-10,12-14,19-20H,1-5,8H2,(H,22,23)(H,24,25)(H,26,27)(H,28,29)(H,16,18,21)/p-4/t10-,12+,13?,14-/m1/s1. The average Bonchev–Trinajstić information content (AvgIpc) is 3.04. The molecule has 0 bridgehead atoms. The Labute approximate surface area is 223 Å². The molecule has 2 heterocycles. The molecule has 2 fully saturated rings. The molecule has 0 spiro atoms. The fourth-order valence-electron chi connectivity index (χ4n) is 3.68. The predicted molar refractivity (Wildman–Crippen MR) is 121 cm³/mol. The Balaban J connectivity index is 1.57. The van der Waals surface area contributed by atoms with Crippen LogP contribution in [0.1, 0.15) is 38.3 Å². The van der Waals surface area contributed by atoms with Gasteiger partial charge in [-0.1, -0.05) is 30.6 Å². The van der Waals surface area contributed by atoms with Crippen LogP contribution in [0.25, 0.3) is 0 Å². The first kappa shape index (κ1) is 33.0. The number of aliphatic hydroxyl groups excluding tert-OH is 2. The molecule has 1 saturated heterocycles. The first-order chi connectivity index (χ1) is 17.9. The molecule has 1 saturated carbocycles. The maximum atomic E-state index is 12.0. The largest absolute Gasteiger partial charge is 0.770 e. The smallest absolute Gasteiger partial charge is 0.330 e. The highest BCUT2D eigenvalue weighted by atomic mass is 32.7. The van der Waals surface area contributed by atoms with Gasteiger partial charge in [0, 0.05) is 17.5 Å². The number of H-pyrrole nitrogens is 1. The summed E-state index contributed by atoms with van der Waals surface area (Å²) in [6, 6.07) is 0.887. The van der Waals surface area contributed by atoms with Crippen molar-refractivity contribution in [3.05, 3.63) is 33.1 Å². The minimum absolute atomic E-state index is 0.167. The number of hydrogen-bond donors (Lipinski definition) is 3. The fraction of sp³-hybridized carbons (Fsp3) is 0.733. The molecule has 1 aromatic rings. The highest BCUT2D eigenvalue weighted by Gasteiger charge is 2.45. The van der Waals surface area contributed by atoms with Gasteiger partial charge in [-0.25, -0.2) is 13.4 Å². The summed E-state index contributed by atoms with van der Waals surface area (Å²) in [5.41, 5.74) is -1.83. The maximum absolute atomic E-state index is 12.0. The van der Waals surface area contributed by atoms with Crippen molar-refractivity contribution in [3.8, 4) is 0 Å². The van der Waals surface area contributed by atoms with E-state index in [0.29, 0.717) is 30.3 Å². The van der Waals surface area contributed by atoms with Crippen LogP contribution >= 0.6 is 41.6 Å². The number of nitrogens with one attached hydrogen (secondary N) is 1. The van der Waals surface area contributed by atoms with E-state index in [9.17, 15) is 57.6 Å². The molecule has 0 radical (unpaired) electrons. The maximum Gasteiger partial charge on any atom is 0.330 e. The number of phosphoric acid groups is 3. The topological polar surface area (TPSA) is 302 Å². The molecule has 19 nitrogen and oxygen atoms in total. The van der Waals surface area contributed by atoms with Crippen molar-refractivity contribution in [1.82, 2.24) is 9.55 Å². The van der Waals surface area contributed by atoms with Crippen LogP contribution in [0.2, 0.25) is 0 Å². The monoisotopic (exact) mass is 658 g/mol. The van der Waals surface area contributed by atoms with Crippen LogP contribution in [0.3, 0.4) is 0 Å². The third-order valence-corrected chi connectivity index (χ3v) is 13.9. The van der Waals surface area contributed by atoms with E-state index in [1.165, 1.54) is 0 Å². The summed E-state index contributed by atoms with van der Waals surface area (Å²) < 4.78 is 68.7. The Bertz CT molecular complexity index is 1330. The lowest BCUT2D eigenvalue weighted by Crippen LogP contribution is -2.37. The molecule has 39 heavy (non-hydrogen) atoms. The normalized spacial score (nSPS) is 30.6. The molecule has 8 atom stereocenters. The number of aliphatic hydroxyl groups is 2. The Morgan fingerprint density at radius 3 is 2.15 bits per heavy atom. The van der Waals surface area contributed by atoms with Gasteiger partial charge < -0.3 is 39.0 Å². The van der Waals surface area contributed by atoms with E-state index >= 15 is 0 Å². The number of ether oxygens (including phenoxy) is 1. The van der Waals surface area contributed by atoms with Gasteiger partial charge in [0.15, 0.2) is 13.0 Å². The second-order valence-corrected chi connectivity index (χ2v) is 16.9. The summed E-state index contributed by atoms with van der Waals surface area (Å²) >= 11 is 0.167. The van der Waals surface area contributed by atoms with Crippen molar-refractivity contribution in [1.29, 1.82) is 0 Å². The van der Waals surface area contributed by atoms with Crippen LogP contribution in [0.15, 0.2) is 21.9 Å². The number of phosphoric ester groups is 1. The summed E-state index contributed by atoms with van der Waals surface area (Å²) in [6.45, 7) is -6.45. The zero-order valence-electron chi connectivity index (χ0n) is 19.4. The van der Waals surface area contributed by atoms with Crippen molar-refractivity contribution in [3.63, 3.8) is 0 Å². The Morgan fingerprint density at radius 1 is 0.949 bits per heavy atom. The molecule has 3 N–H and O–H groups in total.